The van der Waals surface area contributed by atoms with Crippen LogP contribution in [0.3, 0.4) is 0 Å². The van der Waals surface area contributed by atoms with Crippen molar-refractivity contribution < 1.29 is 9.53 Å². The molecule has 1 aromatic carbocycles. The smallest absolute Gasteiger partial charge is 0.255 e. The normalized spacial score (nSPS) is 9.89. The van der Waals surface area contributed by atoms with Crippen LogP contribution < -0.4 is 10.1 Å². The number of pyridine rings is 1. The first-order chi connectivity index (χ1) is 8.70. The molecule has 0 spiro atoms. The molecule has 1 amide bonds. The quantitative estimate of drug-likeness (QED) is 0.887. The zero-order chi connectivity index (χ0) is 13.0. The average molecular weight is 307 g/mol. The third kappa shape index (κ3) is 2.87. The second-order valence-electron chi connectivity index (χ2n) is 3.52. The highest BCUT2D eigenvalue weighted by atomic mass is 79.9. The number of halogens is 1. The molecule has 0 aliphatic carbocycles. The van der Waals surface area contributed by atoms with Gasteiger partial charge in [0.15, 0.2) is 0 Å². The van der Waals surface area contributed by atoms with Gasteiger partial charge >= 0.3 is 0 Å². The van der Waals surface area contributed by atoms with Crippen molar-refractivity contribution in [3.63, 3.8) is 0 Å². The van der Waals surface area contributed by atoms with Crippen molar-refractivity contribution in [2.24, 2.45) is 0 Å². The van der Waals surface area contributed by atoms with Crippen LogP contribution in [0.25, 0.3) is 0 Å². The van der Waals surface area contributed by atoms with Gasteiger partial charge in [0.2, 0.25) is 0 Å². The van der Waals surface area contributed by atoms with E-state index in [1.807, 2.05) is 0 Å². The van der Waals surface area contributed by atoms with E-state index in [0.717, 1.165) is 0 Å². The second-order valence-corrected chi connectivity index (χ2v) is 4.28. The Morgan fingerprint density at radius 3 is 2.61 bits per heavy atom. The van der Waals surface area contributed by atoms with Crippen LogP contribution in [0.2, 0.25) is 0 Å². The third-order valence-corrected chi connectivity index (χ3v) is 2.99. The molecule has 0 aliphatic heterocycles. The molecule has 0 saturated carbocycles. The molecule has 0 bridgehead atoms. The summed E-state index contributed by atoms with van der Waals surface area (Å²) in [5.41, 5.74) is 1.20. The summed E-state index contributed by atoms with van der Waals surface area (Å²) in [6, 6.07) is 10.4. The second kappa shape index (κ2) is 5.64. The monoisotopic (exact) mass is 306 g/mol. The number of rotatable bonds is 3. The number of nitrogens with one attached hydrogen (secondary N) is 1. The van der Waals surface area contributed by atoms with Crippen LogP contribution in [0.4, 0.5) is 5.69 Å². The SMILES string of the molecule is COc1ccc(C(=O)Nc2cccnc2Br)cc1. The van der Waals surface area contributed by atoms with E-state index >= 15 is 0 Å². The van der Waals surface area contributed by atoms with Crippen molar-refractivity contribution in [2.75, 3.05) is 12.4 Å². The number of hydrogen-bond donors (Lipinski definition) is 1. The van der Waals surface area contributed by atoms with Crippen molar-refractivity contribution in [1.82, 2.24) is 4.98 Å². The maximum atomic E-state index is 12.0. The number of amides is 1. The molecule has 2 aromatic rings. The van der Waals surface area contributed by atoms with Gasteiger partial charge in [-0.3, -0.25) is 4.79 Å². The van der Waals surface area contributed by atoms with Gasteiger partial charge < -0.3 is 10.1 Å². The fraction of sp³-hybridized carbons (Fsp3) is 0.0769. The Labute approximate surface area is 113 Å². The number of anilines is 1. The molecule has 0 unspecified atom stereocenters. The zero-order valence-electron chi connectivity index (χ0n) is 9.68. The fourth-order valence-electron chi connectivity index (χ4n) is 1.42. The fourth-order valence-corrected chi connectivity index (χ4v) is 1.77. The number of hydrogen-bond acceptors (Lipinski definition) is 3. The zero-order valence-corrected chi connectivity index (χ0v) is 11.3. The van der Waals surface area contributed by atoms with E-state index in [4.69, 9.17) is 4.74 Å². The number of ether oxygens (including phenoxy) is 1. The molecule has 1 heterocycles. The van der Waals surface area contributed by atoms with E-state index < -0.39 is 0 Å². The molecule has 1 N–H and O–H groups in total. The molecule has 0 radical (unpaired) electrons. The van der Waals surface area contributed by atoms with Gasteiger partial charge in [0.25, 0.3) is 5.91 Å². The van der Waals surface area contributed by atoms with Crippen LogP contribution >= 0.6 is 15.9 Å². The van der Waals surface area contributed by atoms with Crippen LogP contribution in [0.5, 0.6) is 5.75 Å². The first-order valence-electron chi connectivity index (χ1n) is 5.26. The Kier molecular flexibility index (Phi) is 3.94. The Morgan fingerprint density at radius 2 is 2.00 bits per heavy atom. The number of benzene rings is 1. The van der Waals surface area contributed by atoms with E-state index in [1.54, 1.807) is 49.7 Å². The molecule has 0 fully saturated rings. The summed E-state index contributed by atoms with van der Waals surface area (Å²) in [4.78, 5) is 16.0. The Balaban J connectivity index is 2.14. The van der Waals surface area contributed by atoms with Crippen LogP contribution in [0, 0.1) is 0 Å². The van der Waals surface area contributed by atoms with Crippen LogP contribution in [-0.4, -0.2) is 18.0 Å². The summed E-state index contributed by atoms with van der Waals surface area (Å²) in [7, 11) is 1.59. The van der Waals surface area contributed by atoms with Gasteiger partial charge in [0.1, 0.15) is 10.4 Å². The molecular weight excluding hydrogens is 296 g/mol. The lowest BCUT2D eigenvalue weighted by atomic mass is 10.2. The molecule has 0 aliphatic rings. The minimum atomic E-state index is -0.189. The summed E-state index contributed by atoms with van der Waals surface area (Å²) >= 11 is 3.27. The summed E-state index contributed by atoms with van der Waals surface area (Å²) in [6.45, 7) is 0. The molecular formula is C13H11BrN2O2. The molecule has 18 heavy (non-hydrogen) atoms. The van der Waals surface area contributed by atoms with Crippen molar-refractivity contribution in [3.05, 3.63) is 52.8 Å². The van der Waals surface area contributed by atoms with Gasteiger partial charge in [-0.05, 0) is 52.3 Å². The maximum Gasteiger partial charge on any atom is 0.255 e. The number of carbonyl (C=O) groups is 1. The summed E-state index contributed by atoms with van der Waals surface area (Å²) in [6.07, 6.45) is 1.65. The van der Waals surface area contributed by atoms with Gasteiger partial charge in [0, 0.05) is 11.8 Å². The van der Waals surface area contributed by atoms with E-state index in [2.05, 4.69) is 26.2 Å². The maximum absolute atomic E-state index is 12.0. The Hall–Kier alpha value is -1.88. The summed E-state index contributed by atoms with van der Waals surface area (Å²) < 4.78 is 5.64. The van der Waals surface area contributed by atoms with Crippen molar-refractivity contribution in [3.8, 4) is 5.75 Å². The highest BCUT2D eigenvalue weighted by molar-refractivity contribution is 9.10. The highest BCUT2D eigenvalue weighted by Gasteiger charge is 2.08. The van der Waals surface area contributed by atoms with Gasteiger partial charge in [0.05, 0.1) is 12.8 Å². The van der Waals surface area contributed by atoms with Crippen molar-refractivity contribution in [1.29, 1.82) is 0 Å². The van der Waals surface area contributed by atoms with E-state index in [1.165, 1.54) is 0 Å². The van der Waals surface area contributed by atoms with Crippen LogP contribution in [-0.2, 0) is 0 Å². The van der Waals surface area contributed by atoms with Crippen molar-refractivity contribution >= 4 is 27.5 Å². The van der Waals surface area contributed by atoms with Gasteiger partial charge in [-0.2, -0.15) is 0 Å². The largest absolute Gasteiger partial charge is 0.497 e. The molecule has 0 saturated heterocycles. The predicted molar refractivity (Wildman–Crippen MR) is 72.9 cm³/mol. The minimum absolute atomic E-state index is 0.189. The van der Waals surface area contributed by atoms with E-state index in [9.17, 15) is 4.79 Å². The first kappa shape index (κ1) is 12.6. The molecule has 2 rings (SSSR count). The number of aromatic nitrogens is 1. The Bertz CT molecular complexity index is 555. The lowest BCUT2D eigenvalue weighted by molar-refractivity contribution is 0.102. The standard InChI is InChI=1S/C13H11BrN2O2/c1-18-10-6-4-9(5-7-10)13(17)16-11-3-2-8-15-12(11)14/h2-8H,1H3,(H,16,17). The van der Waals surface area contributed by atoms with Gasteiger partial charge in [-0.15, -0.1) is 0 Å². The molecule has 5 heteroatoms. The predicted octanol–water partition coefficient (Wildman–Crippen LogP) is 3.11. The number of carbonyl (C=O) groups excluding carboxylic acids is 1. The molecule has 92 valence electrons. The Morgan fingerprint density at radius 1 is 1.28 bits per heavy atom. The van der Waals surface area contributed by atoms with E-state index in [-0.39, 0.29) is 5.91 Å². The van der Waals surface area contributed by atoms with E-state index in [0.29, 0.717) is 21.6 Å². The lowest BCUT2D eigenvalue weighted by Gasteiger charge is -2.07. The first-order valence-corrected chi connectivity index (χ1v) is 6.06. The number of nitrogens with zero attached hydrogens (tertiary/aromatic N) is 1. The van der Waals surface area contributed by atoms with Crippen LogP contribution in [0.15, 0.2) is 47.2 Å². The molecule has 0 atom stereocenters. The molecule has 1 aromatic heterocycles. The van der Waals surface area contributed by atoms with Crippen LogP contribution in [0.1, 0.15) is 10.4 Å². The number of methoxy groups -OCH3 is 1. The third-order valence-electron chi connectivity index (χ3n) is 2.36. The summed E-state index contributed by atoms with van der Waals surface area (Å²) in [5, 5.41) is 2.77. The van der Waals surface area contributed by atoms with Gasteiger partial charge in [-0.25, -0.2) is 4.98 Å². The lowest BCUT2D eigenvalue weighted by Crippen LogP contribution is -2.12. The molecule has 4 nitrogen and oxygen atoms in total. The highest BCUT2D eigenvalue weighted by Crippen LogP contribution is 2.19. The average Bonchev–Trinajstić information content (AvgIpc) is 2.41. The van der Waals surface area contributed by atoms with Crippen molar-refractivity contribution in [2.45, 2.75) is 0 Å². The topological polar surface area (TPSA) is 51.2 Å². The minimum Gasteiger partial charge on any atom is -0.497 e. The summed E-state index contributed by atoms with van der Waals surface area (Å²) in [5.74, 6) is 0.528. The van der Waals surface area contributed by atoms with Gasteiger partial charge in [-0.1, -0.05) is 0 Å².